The molecule has 7 heteroatoms. The van der Waals surface area contributed by atoms with E-state index in [1.54, 1.807) is 0 Å². The average molecular weight is 518 g/mol. The summed E-state index contributed by atoms with van der Waals surface area (Å²) in [7, 11) is 0. The number of aliphatic hydroxyl groups is 1. The van der Waals surface area contributed by atoms with Crippen LogP contribution in [-0.4, -0.2) is 66.4 Å². The molecule has 6 nitrogen and oxygen atoms in total. The van der Waals surface area contributed by atoms with Gasteiger partial charge in [-0.05, 0) is 47.1 Å². The fourth-order valence-corrected chi connectivity index (χ4v) is 3.54. The van der Waals surface area contributed by atoms with Gasteiger partial charge in [0.1, 0.15) is 5.60 Å². The number of hydrogen-bond donors (Lipinski definition) is 3. The lowest BCUT2D eigenvalue weighted by atomic mass is 9.96. The number of hydrogen-bond acceptors (Lipinski definition) is 4. The summed E-state index contributed by atoms with van der Waals surface area (Å²) in [6.07, 6.45) is 0.471. The molecule has 3 atom stereocenters. The van der Waals surface area contributed by atoms with E-state index in [0.717, 1.165) is 31.2 Å². The van der Waals surface area contributed by atoms with Crippen LogP contribution in [0.4, 0.5) is 0 Å². The largest absolute Gasteiger partial charge is 0.384 e. The van der Waals surface area contributed by atoms with Gasteiger partial charge in [0.05, 0.1) is 25.3 Å². The number of ether oxygens (including phenoxy) is 1. The number of rotatable bonds is 7. The second-order valence-electron chi connectivity index (χ2n) is 8.66. The second kappa shape index (κ2) is 11.5. The maximum Gasteiger partial charge on any atom is 0.191 e. The second-order valence-corrected chi connectivity index (χ2v) is 8.66. The fraction of sp³-hybridized carbons (Fsp3) is 0.682. The predicted molar refractivity (Wildman–Crippen MR) is 131 cm³/mol. The summed E-state index contributed by atoms with van der Waals surface area (Å²) in [6, 6.07) is 9.71. The van der Waals surface area contributed by atoms with E-state index in [2.05, 4.69) is 43.2 Å². The van der Waals surface area contributed by atoms with Gasteiger partial charge >= 0.3 is 0 Å². The van der Waals surface area contributed by atoms with Crippen LogP contribution in [0.15, 0.2) is 35.3 Å². The highest BCUT2D eigenvalue weighted by Crippen LogP contribution is 2.22. The van der Waals surface area contributed by atoms with Crippen LogP contribution >= 0.6 is 24.0 Å². The van der Waals surface area contributed by atoms with Gasteiger partial charge in [-0.15, -0.1) is 24.0 Å². The Morgan fingerprint density at radius 2 is 1.72 bits per heavy atom. The van der Waals surface area contributed by atoms with Crippen LogP contribution in [0.2, 0.25) is 0 Å². The van der Waals surface area contributed by atoms with Crippen LogP contribution in [0.1, 0.15) is 47.1 Å². The van der Waals surface area contributed by atoms with Gasteiger partial charge in [0, 0.05) is 25.2 Å². The summed E-state index contributed by atoms with van der Waals surface area (Å²) in [5.41, 5.74) is -0.159. The molecule has 1 aliphatic rings. The van der Waals surface area contributed by atoms with E-state index in [1.165, 1.54) is 0 Å². The Morgan fingerprint density at radius 3 is 2.28 bits per heavy atom. The molecule has 0 aliphatic carbocycles. The third kappa shape index (κ3) is 8.03. The Bertz CT molecular complexity index is 627. The number of benzene rings is 1. The highest BCUT2D eigenvalue weighted by Gasteiger charge is 2.33. The van der Waals surface area contributed by atoms with Gasteiger partial charge in [0.25, 0.3) is 0 Å². The van der Waals surface area contributed by atoms with Crippen LogP contribution in [0.3, 0.4) is 0 Å². The smallest absolute Gasteiger partial charge is 0.191 e. The highest BCUT2D eigenvalue weighted by molar-refractivity contribution is 14.0. The molecule has 1 fully saturated rings. The Morgan fingerprint density at radius 1 is 1.14 bits per heavy atom. The van der Waals surface area contributed by atoms with Gasteiger partial charge in [0.15, 0.2) is 5.96 Å². The zero-order valence-electron chi connectivity index (χ0n) is 18.7. The minimum atomic E-state index is -0.970. The zero-order valence-corrected chi connectivity index (χ0v) is 21.1. The molecule has 1 heterocycles. The molecule has 0 saturated carbocycles. The summed E-state index contributed by atoms with van der Waals surface area (Å²) in [5.74, 6) is 0.723. The minimum Gasteiger partial charge on any atom is -0.384 e. The molecule has 0 amide bonds. The predicted octanol–water partition coefficient (Wildman–Crippen LogP) is 2.96. The van der Waals surface area contributed by atoms with Gasteiger partial charge in [-0.25, -0.2) is 0 Å². The molecule has 0 spiro atoms. The van der Waals surface area contributed by atoms with Crippen molar-refractivity contribution in [3.63, 3.8) is 0 Å². The maximum atomic E-state index is 10.8. The molecule has 3 N–H and O–H groups in total. The fourth-order valence-electron chi connectivity index (χ4n) is 3.54. The van der Waals surface area contributed by atoms with Crippen molar-refractivity contribution >= 4 is 29.9 Å². The van der Waals surface area contributed by atoms with E-state index in [1.807, 2.05) is 44.2 Å². The lowest BCUT2D eigenvalue weighted by Gasteiger charge is -2.44. The molecular formula is C22H39IN4O2. The van der Waals surface area contributed by atoms with Gasteiger partial charge in [-0.1, -0.05) is 30.3 Å². The maximum absolute atomic E-state index is 10.8. The number of morpholine rings is 1. The molecule has 1 aliphatic heterocycles. The van der Waals surface area contributed by atoms with Crippen LogP contribution < -0.4 is 10.6 Å². The first kappa shape index (κ1) is 26.1. The first-order valence-electron chi connectivity index (χ1n) is 10.3. The SMILES string of the molecule is CCNC(=NCC(C)(C)N1CC(C)OC(C)C1)NCC(C)(O)c1ccccc1.I. The number of aliphatic imine (C=N–C) groups is 1. The third-order valence-electron chi connectivity index (χ3n) is 5.24. The molecule has 29 heavy (non-hydrogen) atoms. The first-order valence-corrected chi connectivity index (χ1v) is 10.3. The number of halogens is 1. The molecule has 0 bridgehead atoms. The zero-order chi connectivity index (χ0) is 20.8. The van der Waals surface area contributed by atoms with Crippen molar-refractivity contribution in [2.75, 3.05) is 32.7 Å². The standard InChI is InChI=1S/C22H38N4O2.HI/c1-7-23-20(25-16-22(6,27)19-11-9-8-10-12-19)24-15-21(4,5)26-13-17(2)28-18(3)14-26;/h8-12,17-18,27H,7,13-16H2,1-6H3,(H2,23,24,25);1H. The summed E-state index contributed by atoms with van der Waals surface area (Å²) in [5, 5.41) is 17.4. The number of nitrogens with one attached hydrogen (secondary N) is 2. The topological polar surface area (TPSA) is 69.1 Å². The lowest BCUT2D eigenvalue weighted by molar-refractivity contribution is -0.0939. The Kier molecular flexibility index (Phi) is 10.3. The first-order chi connectivity index (χ1) is 13.1. The molecule has 1 saturated heterocycles. The Labute approximate surface area is 193 Å². The molecular weight excluding hydrogens is 479 g/mol. The molecule has 2 rings (SSSR count). The average Bonchev–Trinajstić information content (AvgIpc) is 2.64. The summed E-state index contributed by atoms with van der Waals surface area (Å²) < 4.78 is 5.86. The summed E-state index contributed by atoms with van der Waals surface area (Å²) in [4.78, 5) is 7.27. The monoisotopic (exact) mass is 518 g/mol. The molecule has 0 aromatic heterocycles. The van der Waals surface area contributed by atoms with Crippen LogP contribution in [0.5, 0.6) is 0 Å². The van der Waals surface area contributed by atoms with E-state index in [4.69, 9.17) is 9.73 Å². The number of guanidine groups is 1. The van der Waals surface area contributed by atoms with Crippen molar-refractivity contribution in [3.05, 3.63) is 35.9 Å². The van der Waals surface area contributed by atoms with Crippen molar-refractivity contribution in [2.45, 2.75) is 64.9 Å². The molecule has 1 aromatic rings. The molecule has 3 unspecified atom stereocenters. The van der Waals surface area contributed by atoms with Crippen molar-refractivity contribution in [1.82, 2.24) is 15.5 Å². The van der Waals surface area contributed by atoms with Crippen molar-refractivity contribution in [2.24, 2.45) is 4.99 Å². The molecule has 0 radical (unpaired) electrons. The lowest BCUT2D eigenvalue weighted by Crippen LogP contribution is -2.56. The van der Waals surface area contributed by atoms with E-state index < -0.39 is 5.60 Å². The van der Waals surface area contributed by atoms with E-state index in [0.29, 0.717) is 13.1 Å². The molecule has 1 aromatic carbocycles. The third-order valence-corrected chi connectivity index (χ3v) is 5.24. The van der Waals surface area contributed by atoms with Crippen LogP contribution in [0.25, 0.3) is 0 Å². The Balaban J connectivity index is 0.00000420. The van der Waals surface area contributed by atoms with Gasteiger partial charge < -0.3 is 20.5 Å². The van der Waals surface area contributed by atoms with Crippen molar-refractivity contribution in [1.29, 1.82) is 0 Å². The van der Waals surface area contributed by atoms with Crippen LogP contribution in [-0.2, 0) is 10.3 Å². The number of nitrogens with zero attached hydrogens (tertiary/aromatic N) is 2. The Hall–Kier alpha value is -0.900. The van der Waals surface area contributed by atoms with E-state index in [-0.39, 0.29) is 41.7 Å². The minimum absolute atomic E-state index is 0. The van der Waals surface area contributed by atoms with Gasteiger partial charge in [-0.2, -0.15) is 0 Å². The highest BCUT2D eigenvalue weighted by atomic mass is 127. The van der Waals surface area contributed by atoms with Crippen molar-refractivity contribution < 1.29 is 9.84 Å². The molecule has 166 valence electrons. The van der Waals surface area contributed by atoms with Crippen LogP contribution in [0, 0.1) is 0 Å². The van der Waals surface area contributed by atoms with Crippen molar-refractivity contribution in [3.8, 4) is 0 Å². The quantitative estimate of drug-likeness (QED) is 0.294. The van der Waals surface area contributed by atoms with E-state index >= 15 is 0 Å². The summed E-state index contributed by atoms with van der Waals surface area (Å²) in [6.45, 7) is 16.2. The van der Waals surface area contributed by atoms with E-state index in [9.17, 15) is 5.11 Å². The summed E-state index contributed by atoms with van der Waals surface area (Å²) >= 11 is 0. The van der Waals surface area contributed by atoms with Gasteiger partial charge in [0.2, 0.25) is 0 Å². The van der Waals surface area contributed by atoms with Gasteiger partial charge in [-0.3, -0.25) is 9.89 Å². The normalized spacial score (nSPS) is 23.1.